The van der Waals surface area contributed by atoms with Gasteiger partial charge >= 0.3 is 0 Å². The van der Waals surface area contributed by atoms with E-state index in [1.807, 2.05) is 30.3 Å². The van der Waals surface area contributed by atoms with Crippen LogP contribution < -0.4 is 4.74 Å². The lowest BCUT2D eigenvalue weighted by Crippen LogP contribution is -2.35. The summed E-state index contributed by atoms with van der Waals surface area (Å²) in [5.41, 5.74) is 0.518. The van der Waals surface area contributed by atoms with Gasteiger partial charge in [0.05, 0.1) is 7.11 Å². The Labute approximate surface area is 129 Å². The zero-order valence-electron chi connectivity index (χ0n) is 12.3. The number of benzene rings is 2. The minimum absolute atomic E-state index is 0.107. The summed E-state index contributed by atoms with van der Waals surface area (Å²) in [4.78, 5) is 21.6. The quantitative estimate of drug-likeness (QED) is 0.795. The third-order valence-electron chi connectivity index (χ3n) is 3.65. The summed E-state index contributed by atoms with van der Waals surface area (Å²) >= 11 is 0. The Morgan fingerprint density at radius 3 is 2.23 bits per heavy atom. The lowest BCUT2D eigenvalue weighted by Gasteiger charge is -2.22. The molecule has 2 aromatic carbocycles. The van der Waals surface area contributed by atoms with Crippen LogP contribution >= 0.6 is 0 Å². The van der Waals surface area contributed by atoms with Crippen molar-refractivity contribution in [3.05, 3.63) is 65.7 Å². The van der Waals surface area contributed by atoms with Gasteiger partial charge < -0.3 is 4.74 Å². The van der Waals surface area contributed by atoms with Crippen LogP contribution in [0.4, 0.5) is 0 Å². The number of hydrogen-bond donors (Lipinski definition) is 0. The van der Waals surface area contributed by atoms with E-state index in [0.29, 0.717) is 17.7 Å². The van der Waals surface area contributed by atoms with Crippen molar-refractivity contribution in [1.29, 1.82) is 0 Å². The Bertz CT molecular complexity index is 707. The van der Waals surface area contributed by atoms with Crippen LogP contribution in [0.2, 0.25) is 0 Å². The molecule has 0 spiro atoms. The first-order valence-corrected chi connectivity index (χ1v) is 7.05. The maximum absolute atomic E-state index is 12.9. The molecule has 0 radical (unpaired) electrons. The molecule has 0 amide bonds. The van der Waals surface area contributed by atoms with Gasteiger partial charge in [-0.3, -0.25) is 14.8 Å². The highest BCUT2D eigenvalue weighted by atomic mass is 16.5. The molecule has 0 bridgehead atoms. The molecule has 110 valence electrons. The van der Waals surface area contributed by atoms with Crippen LogP contribution in [0.15, 0.2) is 64.6 Å². The average molecular weight is 292 g/mol. The molecule has 0 fully saturated rings. The molecular formula is C18H16N2O2. The Balaban J connectivity index is 1.91. The van der Waals surface area contributed by atoms with Crippen molar-refractivity contribution in [1.82, 2.24) is 0 Å². The molecule has 4 heteroatoms. The number of Topliss-reactive ketones (excluding diaryl/α,β-unsaturated/α-hetero) is 1. The van der Waals surface area contributed by atoms with Crippen molar-refractivity contribution in [2.45, 2.75) is 12.1 Å². The van der Waals surface area contributed by atoms with Crippen molar-refractivity contribution in [2.24, 2.45) is 9.98 Å². The smallest absolute Gasteiger partial charge is 0.216 e. The van der Waals surface area contributed by atoms with E-state index in [9.17, 15) is 4.79 Å². The van der Waals surface area contributed by atoms with E-state index < -0.39 is 5.66 Å². The van der Waals surface area contributed by atoms with Crippen LogP contribution in [0.1, 0.15) is 15.9 Å². The first-order chi connectivity index (χ1) is 10.7. The molecule has 3 rings (SSSR count). The van der Waals surface area contributed by atoms with Gasteiger partial charge in [-0.1, -0.05) is 30.3 Å². The molecule has 0 saturated carbocycles. The summed E-state index contributed by atoms with van der Waals surface area (Å²) < 4.78 is 5.12. The fraction of sp³-hybridized carbons (Fsp3) is 0.167. The van der Waals surface area contributed by atoms with E-state index in [-0.39, 0.29) is 5.78 Å². The minimum Gasteiger partial charge on any atom is -0.497 e. The second kappa shape index (κ2) is 5.93. The molecule has 4 nitrogen and oxygen atoms in total. The van der Waals surface area contributed by atoms with Gasteiger partial charge in [-0.15, -0.1) is 0 Å². The first-order valence-electron chi connectivity index (χ1n) is 7.05. The zero-order valence-corrected chi connectivity index (χ0v) is 12.3. The largest absolute Gasteiger partial charge is 0.497 e. The lowest BCUT2D eigenvalue weighted by atomic mass is 9.92. The molecule has 0 saturated heterocycles. The number of aliphatic imine (C=N–C) groups is 2. The van der Waals surface area contributed by atoms with Crippen LogP contribution in [0, 0.1) is 0 Å². The number of ether oxygens (including phenoxy) is 1. The van der Waals surface area contributed by atoms with Gasteiger partial charge in [-0.2, -0.15) is 0 Å². The highest BCUT2D eigenvalue weighted by molar-refractivity contribution is 6.21. The fourth-order valence-electron chi connectivity index (χ4n) is 2.49. The minimum atomic E-state index is -1.09. The number of carbonyl (C=O) groups excluding carboxylic acids is 1. The predicted octanol–water partition coefficient (Wildman–Crippen LogP) is 2.97. The summed E-state index contributed by atoms with van der Waals surface area (Å²) in [7, 11) is 1.60. The van der Waals surface area contributed by atoms with E-state index in [0.717, 1.165) is 5.56 Å². The molecule has 22 heavy (non-hydrogen) atoms. The molecule has 0 aromatic heterocycles. The normalized spacial score (nSPS) is 15.0. The Hall–Kier alpha value is -2.75. The summed E-state index contributed by atoms with van der Waals surface area (Å²) in [6.45, 7) is 0. The van der Waals surface area contributed by atoms with Crippen molar-refractivity contribution in [3.8, 4) is 5.75 Å². The van der Waals surface area contributed by atoms with Crippen LogP contribution in [0.5, 0.6) is 5.75 Å². The predicted molar refractivity (Wildman–Crippen MR) is 87.2 cm³/mol. The fourth-order valence-corrected chi connectivity index (χ4v) is 2.49. The van der Waals surface area contributed by atoms with E-state index in [1.165, 1.54) is 0 Å². The van der Waals surface area contributed by atoms with E-state index >= 15 is 0 Å². The van der Waals surface area contributed by atoms with Crippen LogP contribution in [-0.2, 0) is 6.42 Å². The molecular weight excluding hydrogens is 276 g/mol. The SMILES string of the molecule is COc1ccc(C(=O)C2(Cc3ccccc3)N=CC=N2)cc1. The topological polar surface area (TPSA) is 51.0 Å². The van der Waals surface area contributed by atoms with E-state index in [4.69, 9.17) is 4.74 Å². The molecule has 1 aliphatic heterocycles. The number of rotatable bonds is 5. The van der Waals surface area contributed by atoms with Crippen molar-refractivity contribution in [2.75, 3.05) is 7.11 Å². The Morgan fingerprint density at radius 1 is 1.00 bits per heavy atom. The third kappa shape index (κ3) is 2.68. The van der Waals surface area contributed by atoms with E-state index in [1.54, 1.807) is 43.8 Å². The van der Waals surface area contributed by atoms with Gasteiger partial charge in [0.25, 0.3) is 0 Å². The van der Waals surface area contributed by atoms with Crippen molar-refractivity contribution < 1.29 is 9.53 Å². The Morgan fingerprint density at radius 2 is 1.64 bits per heavy atom. The van der Waals surface area contributed by atoms with Crippen molar-refractivity contribution >= 4 is 18.2 Å². The summed E-state index contributed by atoms with van der Waals surface area (Å²) in [5.74, 6) is 0.607. The maximum atomic E-state index is 12.9. The number of methoxy groups -OCH3 is 1. The lowest BCUT2D eigenvalue weighted by molar-refractivity contribution is 0.0898. The molecule has 2 aromatic rings. The highest BCUT2D eigenvalue weighted by Crippen LogP contribution is 2.27. The van der Waals surface area contributed by atoms with Crippen LogP contribution in [-0.4, -0.2) is 31.0 Å². The maximum Gasteiger partial charge on any atom is 0.216 e. The molecule has 0 N–H and O–H groups in total. The number of carbonyl (C=O) groups is 1. The second-order valence-corrected chi connectivity index (χ2v) is 5.09. The average Bonchev–Trinajstić information content (AvgIpc) is 3.05. The number of ketones is 1. The molecule has 0 aliphatic carbocycles. The molecule has 1 aliphatic rings. The van der Waals surface area contributed by atoms with Gasteiger partial charge in [-0.25, -0.2) is 0 Å². The van der Waals surface area contributed by atoms with Gasteiger partial charge in [-0.05, 0) is 29.8 Å². The summed E-state index contributed by atoms with van der Waals surface area (Å²) in [6, 6.07) is 16.8. The van der Waals surface area contributed by atoms with Gasteiger partial charge in [0.2, 0.25) is 11.4 Å². The standard InChI is InChI=1S/C18H16N2O2/c1-22-16-9-7-15(8-10-16)17(21)18(19-11-12-20-18)13-14-5-3-2-4-6-14/h2-12H,13H2,1H3. The molecule has 0 atom stereocenters. The highest BCUT2D eigenvalue weighted by Gasteiger charge is 2.39. The monoisotopic (exact) mass is 292 g/mol. The van der Waals surface area contributed by atoms with Crippen LogP contribution in [0.25, 0.3) is 0 Å². The summed E-state index contributed by atoms with van der Waals surface area (Å²) in [6.07, 6.45) is 3.63. The van der Waals surface area contributed by atoms with Crippen LogP contribution in [0.3, 0.4) is 0 Å². The molecule has 1 heterocycles. The van der Waals surface area contributed by atoms with Crippen molar-refractivity contribution in [3.63, 3.8) is 0 Å². The van der Waals surface area contributed by atoms with Gasteiger partial charge in [0.1, 0.15) is 5.75 Å². The van der Waals surface area contributed by atoms with Gasteiger partial charge in [0, 0.05) is 24.4 Å². The number of nitrogens with zero attached hydrogens (tertiary/aromatic N) is 2. The second-order valence-electron chi connectivity index (χ2n) is 5.09. The number of hydrogen-bond acceptors (Lipinski definition) is 4. The first kappa shape index (κ1) is 14.2. The summed E-state index contributed by atoms with van der Waals surface area (Å²) in [5, 5.41) is 0. The zero-order chi connectivity index (χ0) is 15.4. The van der Waals surface area contributed by atoms with Gasteiger partial charge in [0.15, 0.2) is 0 Å². The van der Waals surface area contributed by atoms with E-state index in [2.05, 4.69) is 9.98 Å². The Kier molecular flexibility index (Phi) is 3.83. The third-order valence-corrected chi connectivity index (χ3v) is 3.65. The molecule has 0 unspecified atom stereocenters.